The third kappa shape index (κ3) is 2.43. The molecule has 1 aromatic heterocycles. The first kappa shape index (κ1) is 15.3. The molecule has 0 spiro atoms. The van der Waals surface area contributed by atoms with E-state index in [4.69, 9.17) is 4.74 Å². The first-order valence-electron chi connectivity index (χ1n) is 8.16. The van der Waals surface area contributed by atoms with Gasteiger partial charge in [-0.1, -0.05) is 12.1 Å². The molecule has 0 radical (unpaired) electrons. The molecular weight excluding hydrogens is 314 g/mol. The molecule has 0 saturated heterocycles. The van der Waals surface area contributed by atoms with Crippen molar-refractivity contribution in [2.45, 2.75) is 13.0 Å². The van der Waals surface area contributed by atoms with Crippen molar-refractivity contribution in [2.24, 2.45) is 4.99 Å². The summed E-state index contributed by atoms with van der Waals surface area (Å²) in [6, 6.07) is 13.5. The summed E-state index contributed by atoms with van der Waals surface area (Å²) in [5.74, 6) is 0.966. The number of aromatic hydroxyl groups is 1. The van der Waals surface area contributed by atoms with Crippen LogP contribution >= 0.6 is 0 Å². The van der Waals surface area contributed by atoms with Gasteiger partial charge in [0.1, 0.15) is 17.2 Å². The Labute approximate surface area is 145 Å². The predicted molar refractivity (Wildman–Crippen MR) is 97.4 cm³/mol. The summed E-state index contributed by atoms with van der Waals surface area (Å²) in [6.45, 7) is 1.53. The maximum Gasteiger partial charge on any atom is 0.150 e. The molecule has 0 amide bonds. The van der Waals surface area contributed by atoms with E-state index in [9.17, 15) is 10.4 Å². The predicted octanol–water partition coefficient (Wildman–Crippen LogP) is 3.72. The van der Waals surface area contributed by atoms with Gasteiger partial charge in [0.2, 0.25) is 0 Å². The number of fused-ring (bicyclic) bond motifs is 3. The number of methoxy groups -OCH3 is 1. The van der Waals surface area contributed by atoms with Crippen molar-refractivity contribution in [3.05, 3.63) is 47.7 Å². The van der Waals surface area contributed by atoms with Crippen LogP contribution in [0.3, 0.4) is 0 Å². The molecule has 0 atom stereocenters. The number of rotatable bonds is 2. The number of hydrogen-bond donors (Lipinski definition) is 1. The highest BCUT2D eigenvalue weighted by molar-refractivity contribution is 6.04. The minimum Gasteiger partial charge on any atom is -0.505 e. The summed E-state index contributed by atoms with van der Waals surface area (Å²) < 4.78 is 7.33. The van der Waals surface area contributed by atoms with Crippen LogP contribution in [0.1, 0.15) is 17.7 Å². The summed E-state index contributed by atoms with van der Waals surface area (Å²) in [6.07, 6.45) is 2.64. The van der Waals surface area contributed by atoms with Crippen molar-refractivity contribution in [2.75, 3.05) is 13.7 Å². The lowest BCUT2D eigenvalue weighted by atomic mass is 9.99. The zero-order valence-corrected chi connectivity index (χ0v) is 13.9. The molecule has 0 aliphatic carbocycles. The fourth-order valence-electron chi connectivity index (χ4n) is 3.38. The molecule has 124 valence electrons. The maximum atomic E-state index is 10.7. The fourth-order valence-corrected chi connectivity index (χ4v) is 3.38. The Morgan fingerprint density at radius 2 is 2.04 bits per heavy atom. The number of nitrogens with zero attached hydrogens (tertiary/aromatic N) is 3. The highest BCUT2D eigenvalue weighted by atomic mass is 16.5. The molecule has 2 heterocycles. The van der Waals surface area contributed by atoms with Crippen LogP contribution in [0.2, 0.25) is 0 Å². The van der Waals surface area contributed by atoms with E-state index in [1.165, 1.54) is 0 Å². The van der Waals surface area contributed by atoms with Crippen molar-refractivity contribution < 1.29 is 9.84 Å². The van der Waals surface area contributed by atoms with Crippen LogP contribution in [0.25, 0.3) is 22.0 Å². The number of ether oxygens (including phenoxy) is 1. The molecule has 0 fully saturated rings. The van der Waals surface area contributed by atoms with Crippen LogP contribution in [-0.2, 0) is 6.54 Å². The van der Waals surface area contributed by atoms with E-state index in [0.717, 1.165) is 41.9 Å². The third-order valence-electron chi connectivity index (χ3n) is 4.58. The monoisotopic (exact) mass is 331 g/mol. The second kappa shape index (κ2) is 5.99. The Bertz CT molecular complexity index is 1020. The van der Waals surface area contributed by atoms with Gasteiger partial charge in [-0.3, -0.25) is 4.99 Å². The highest BCUT2D eigenvalue weighted by Gasteiger charge is 2.21. The van der Waals surface area contributed by atoms with Crippen molar-refractivity contribution >= 4 is 17.1 Å². The number of aryl methyl sites for hydroxylation is 1. The molecule has 2 aromatic carbocycles. The summed E-state index contributed by atoms with van der Waals surface area (Å²) in [4.78, 5) is 4.35. The number of nitriles is 1. The Morgan fingerprint density at radius 3 is 2.76 bits per heavy atom. The van der Waals surface area contributed by atoms with E-state index >= 15 is 0 Å². The van der Waals surface area contributed by atoms with Gasteiger partial charge >= 0.3 is 0 Å². The molecule has 5 nitrogen and oxygen atoms in total. The lowest BCUT2D eigenvalue weighted by Gasteiger charge is -2.11. The summed E-state index contributed by atoms with van der Waals surface area (Å²) in [7, 11) is 1.63. The van der Waals surface area contributed by atoms with Crippen molar-refractivity contribution in [3.8, 4) is 28.7 Å². The maximum absolute atomic E-state index is 10.7. The van der Waals surface area contributed by atoms with Crippen LogP contribution < -0.4 is 4.74 Å². The molecular formula is C20H17N3O2. The second-order valence-corrected chi connectivity index (χ2v) is 6.03. The Kier molecular flexibility index (Phi) is 3.66. The molecule has 25 heavy (non-hydrogen) atoms. The van der Waals surface area contributed by atoms with E-state index in [2.05, 4.69) is 15.6 Å². The Hall–Kier alpha value is -3.26. The normalized spacial score (nSPS) is 13.3. The molecule has 0 saturated carbocycles. The van der Waals surface area contributed by atoms with Crippen molar-refractivity contribution in [1.82, 2.24) is 4.57 Å². The largest absolute Gasteiger partial charge is 0.505 e. The SMILES string of the molecule is COc1ccc(-c2cc(C#N)cc3c(O)c4n(c23)CCCN=C4)cc1. The molecule has 1 aliphatic heterocycles. The van der Waals surface area contributed by atoms with Gasteiger partial charge in [-0.25, -0.2) is 0 Å². The molecule has 0 bridgehead atoms. The fraction of sp³-hybridized carbons (Fsp3) is 0.200. The quantitative estimate of drug-likeness (QED) is 0.778. The molecule has 4 rings (SSSR count). The van der Waals surface area contributed by atoms with E-state index in [1.54, 1.807) is 19.4 Å². The van der Waals surface area contributed by atoms with Gasteiger partial charge in [-0.15, -0.1) is 0 Å². The van der Waals surface area contributed by atoms with Crippen LogP contribution in [0.15, 0.2) is 41.4 Å². The summed E-state index contributed by atoms with van der Waals surface area (Å²) >= 11 is 0. The topological polar surface area (TPSA) is 70.5 Å². The minimum atomic E-state index is 0.188. The first-order valence-corrected chi connectivity index (χ1v) is 8.16. The first-order chi connectivity index (χ1) is 12.2. The van der Waals surface area contributed by atoms with E-state index in [-0.39, 0.29) is 5.75 Å². The number of aliphatic imine (C=N–C) groups is 1. The molecule has 5 heteroatoms. The van der Waals surface area contributed by atoms with E-state index in [1.807, 2.05) is 30.3 Å². The van der Waals surface area contributed by atoms with Crippen LogP contribution in [0.5, 0.6) is 11.5 Å². The van der Waals surface area contributed by atoms with Crippen molar-refractivity contribution in [1.29, 1.82) is 5.26 Å². The van der Waals surface area contributed by atoms with Crippen LogP contribution in [0, 0.1) is 11.3 Å². The van der Waals surface area contributed by atoms with Gasteiger partial charge < -0.3 is 14.4 Å². The van der Waals surface area contributed by atoms with Gasteiger partial charge in [0.05, 0.1) is 24.3 Å². The van der Waals surface area contributed by atoms with Gasteiger partial charge in [0.15, 0.2) is 0 Å². The summed E-state index contributed by atoms with van der Waals surface area (Å²) in [5, 5.41) is 20.8. The zero-order chi connectivity index (χ0) is 17.4. The Morgan fingerprint density at radius 1 is 1.24 bits per heavy atom. The standard InChI is InChI=1S/C20H17N3O2/c1-25-15-5-3-14(4-6-15)16-9-13(11-21)10-17-19(16)23-8-2-7-22-12-18(23)20(17)24/h3-6,9-10,12,24H,2,7-8H2,1H3. The molecule has 3 aromatic rings. The lowest BCUT2D eigenvalue weighted by molar-refractivity contribution is 0.415. The van der Waals surface area contributed by atoms with Crippen LogP contribution in [0.4, 0.5) is 0 Å². The van der Waals surface area contributed by atoms with Gasteiger partial charge in [0, 0.05) is 30.3 Å². The molecule has 1 aliphatic rings. The smallest absolute Gasteiger partial charge is 0.150 e. The third-order valence-corrected chi connectivity index (χ3v) is 4.58. The second-order valence-electron chi connectivity index (χ2n) is 6.03. The molecule has 1 N–H and O–H groups in total. The lowest BCUT2D eigenvalue weighted by Crippen LogP contribution is -2.02. The van der Waals surface area contributed by atoms with E-state index in [0.29, 0.717) is 16.6 Å². The highest BCUT2D eigenvalue weighted by Crippen LogP contribution is 2.39. The number of aromatic nitrogens is 1. The van der Waals surface area contributed by atoms with Gasteiger partial charge in [-0.2, -0.15) is 5.26 Å². The molecule has 0 unspecified atom stereocenters. The van der Waals surface area contributed by atoms with Gasteiger partial charge in [0.25, 0.3) is 0 Å². The Balaban J connectivity index is 2.05. The number of hydrogen-bond acceptors (Lipinski definition) is 4. The zero-order valence-electron chi connectivity index (χ0n) is 13.9. The summed E-state index contributed by atoms with van der Waals surface area (Å²) in [5.41, 5.74) is 4.06. The van der Waals surface area contributed by atoms with Gasteiger partial charge in [-0.05, 0) is 36.2 Å². The minimum absolute atomic E-state index is 0.188. The van der Waals surface area contributed by atoms with Crippen LogP contribution in [-0.4, -0.2) is 29.5 Å². The average molecular weight is 331 g/mol. The number of benzene rings is 2. The van der Waals surface area contributed by atoms with Crippen molar-refractivity contribution in [3.63, 3.8) is 0 Å². The van der Waals surface area contributed by atoms with E-state index < -0.39 is 0 Å². The average Bonchev–Trinajstić information content (AvgIpc) is 2.83.